The molecule has 0 heterocycles. The van der Waals surface area contributed by atoms with Gasteiger partial charge in [0.25, 0.3) is 0 Å². The van der Waals surface area contributed by atoms with Crippen LogP contribution in [0.3, 0.4) is 0 Å². The summed E-state index contributed by atoms with van der Waals surface area (Å²) in [6, 6.07) is 0. The van der Waals surface area contributed by atoms with Crippen molar-refractivity contribution in [3.05, 3.63) is 0 Å². The zero-order valence-electron chi connectivity index (χ0n) is 6.23. The standard InChI is InChI=1S/C8H15Br/c1-6(7(2)9)5-8-3-4-8/h6-8H,3-5H2,1-2H3. The van der Waals surface area contributed by atoms with Crippen LogP contribution in [-0.4, -0.2) is 4.83 Å². The minimum absolute atomic E-state index is 0.707. The van der Waals surface area contributed by atoms with E-state index in [-0.39, 0.29) is 0 Å². The van der Waals surface area contributed by atoms with Crippen molar-refractivity contribution >= 4 is 15.9 Å². The lowest BCUT2D eigenvalue weighted by molar-refractivity contribution is 0.498. The molecule has 1 fully saturated rings. The van der Waals surface area contributed by atoms with E-state index in [1.807, 2.05) is 0 Å². The Kier molecular flexibility index (Phi) is 2.57. The van der Waals surface area contributed by atoms with Gasteiger partial charge in [0, 0.05) is 4.83 Å². The molecule has 9 heavy (non-hydrogen) atoms. The fourth-order valence-corrected chi connectivity index (χ4v) is 1.28. The average molecular weight is 191 g/mol. The van der Waals surface area contributed by atoms with Gasteiger partial charge in [0.2, 0.25) is 0 Å². The van der Waals surface area contributed by atoms with Gasteiger partial charge in [0.15, 0.2) is 0 Å². The summed E-state index contributed by atoms with van der Waals surface area (Å²) in [6.45, 7) is 4.57. The summed E-state index contributed by atoms with van der Waals surface area (Å²) in [5, 5.41) is 0. The maximum atomic E-state index is 3.60. The maximum Gasteiger partial charge on any atom is 0.0143 e. The van der Waals surface area contributed by atoms with Gasteiger partial charge in [-0.25, -0.2) is 0 Å². The first-order valence-corrected chi connectivity index (χ1v) is 4.75. The predicted molar refractivity (Wildman–Crippen MR) is 44.9 cm³/mol. The topological polar surface area (TPSA) is 0 Å². The van der Waals surface area contributed by atoms with E-state index in [0.717, 1.165) is 11.8 Å². The van der Waals surface area contributed by atoms with Crippen molar-refractivity contribution in [1.29, 1.82) is 0 Å². The van der Waals surface area contributed by atoms with E-state index >= 15 is 0 Å². The average Bonchev–Trinajstić information content (AvgIpc) is 2.50. The van der Waals surface area contributed by atoms with Crippen molar-refractivity contribution < 1.29 is 0 Å². The van der Waals surface area contributed by atoms with Crippen molar-refractivity contribution in [3.8, 4) is 0 Å². The minimum atomic E-state index is 0.707. The lowest BCUT2D eigenvalue weighted by Crippen LogP contribution is -2.06. The summed E-state index contributed by atoms with van der Waals surface area (Å²) in [5.41, 5.74) is 0. The molecule has 1 aliphatic carbocycles. The second kappa shape index (κ2) is 3.05. The van der Waals surface area contributed by atoms with E-state index in [2.05, 4.69) is 29.8 Å². The monoisotopic (exact) mass is 190 g/mol. The number of alkyl halides is 1. The number of hydrogen-bond acceptors (Lipinski definition) is 0. The summed E-state index contributed by atoms with van der Waals surface area (Å²) in [5.74, 6) is 1.96. The molecule has 0 N–H and O–H groups in total. The SMILES string of the molecule is CC(Br)C(C)CC1CC1. The third kappa shape index (κ3) is 2.70. The van der Waals surface area contributed by atoms with E-state index < -0.39 is 0 Å². The Bertz CT molecular complexity index is 84.6. The first-order valence-electron chi connectivity index (χ1n) is 3.84. The highest BCUT2D eigenvalue weighted by molar-refractivity contribution is 9.09. The molecule has 1 heteroatoms. The zero-order chi connectivity index (χ0) is 6.85. The fraction of sp³-hybridized carbons (Fsp3) is 1.00. The highest BCUT2D eigenvalue weighted by Crippen LogP contribution is 2.36. The molecule has 1 saturated carbocycles. The Morgan fingerprint density at radius 1 is 1.44 bits per heavy atom. The van der Waals surface area contributed by atoms with Crippen LogP contribution in [-0.2, 0) is 0 Å². The molecule has 0 spiro atoms. The Morgan fingerprint density at radius 2 is 2.00 bits per heavy atom. The fourth-order valence-electron chi connectivity index (χ4n) is 1.07. The van der Waals surface area contributed by atoms with Crippen LogP contribution in [0.15, 0.2) is 0 Å². The second-order valence-electron chi connectivity index (χ2n) is 3.33. The Morgan fingerprint density at radius 3 is 2.33 bits per heavy atom. The molecule has 0 saturated heterocycles. The quantitative estimate of drug-likeness (QED) is 0.601. The van der Waals surface area contributed by atoms with Gasteiger partial charge >= 0.3 is 0 Å². The summed E-state index contributed by atoms with van der Waals surface area (Å²) < 4.78 is 0. The summed E-state index contributed by atoms with van der Waals surface area (Å²) in [6.07, 6.45) is 4.42. The van der Waals surface area contributed by atoms with Gasteiger partial charge in [0.1, 0.15) is 0 Å². The predicted octanol–water partition coefficient (Wildman–Crippen LogP) is 3.21. The lowest BCUT2D eigenvalue weighted by Gasteiger charge is -2.12. The van der Waals surface area contributed by atoms with E-state index in [1.54, 1.807) is 0 Å². The second-order valence-corrected chi connectivity index (χ2v) is 4.78. The van der Waals surface area contributed by atoms with Gasteiger partial charge in [-0.3, -0.25) is 0 Å². The summed E-state index contributed by atoms with van der Waals surface area (Å²) in [4.78, 5) is 0.707. The van der Waals surface area contributed by atoms with E-state index in [1.165, 1.54) is 19.3 Å². The van der Waals surface area contributed by atoms with Crippen LogP contribution < -0.4 is 0 Å². The molecule has 0 aromatic rings. The van der Waals surface area contributed by atoms with Crippen molar-refractivity contribution in [2.75, 3.05) is 0 Å². The van der Waals surface area contributed by atoms with Crippen LogP contribution in [0.25, 0.3) is 0 Å². The van der Waals surface area contributed by atoms with Crippen LogP contribution >= 0.6 is 15.9 Å². The first kappa shape index (κ1) is 7.59. The minimum Gasteiger partial charge on any atom is -0.0891 e. The molecule has 54 valence electrons. The molecule has 0 aromatic carbocycles. The smallest absolute Gasteiger partial charge is 0.0143 e. The van der Waals surface area contributed by atoms with E-state index in [9.17, 15) is 0 Å². The zero-order valence-corrected chi connectivity index (χ0v) is 7.82. The van der Waals surface area contributed by atoms with Crippen molar-refractivity contribution in [2.45, 2.75) is 37.9 Å². The van der Waals surface area contributed by atoms with E-state index in [4.69, 9.17) is 0 Å². The first-order chi connectivity index (χ1) is 4.20. The molecule has 0 aliphatic heterocycles. The molecule has 0 radical (unpaired) electrons. The van der Waals surface area contributed by atoms with Crippen LogP contribution in [0.5, 0.6) is 0 Å². The summed E-state index contributed by atoms with van der Waals surface area (Å²) >= 11 is 3.60. The molecular formula is C8H15Br. The van der Waals surface area contributed by atoms with E-state index in [0.29, 0.717) is 4.83 Å². The van der Waals surface area contributed by atoms with Gasteiger partial charge < -0.3 is 0 Å². The van der Waals surface area contributed by atoms with Crippen molar-refractivity contribution in [1.82, 2.24) is 0 Å². The molecule has 1 aliphatic rings. The lowest BCUT2D eigenvalue weighted by atomic mass is 10.0. The van der Waals surface area contributed by atoms with Crippen LogP contribution in [0.1, 0.15) is 33.1 Å². The number of halogens is 1. The van der Waals surface area contributed by atoms with Crippen molar-refractivity contribution in [2.24, 2.45) is 11.8 Å². The maximum absolute atomic E-state index is 3.60. The summed E-state index contributed by atoms with van der Waals surface area (Å²) in [7, 11) is 0. The van der Waals surface area contributed by atoms with Gasteiger partial charge in [-0.1, -0.05) is 42.6 Å². The van der Waals surface area contributed by atoms with Crippen LogP contribution in [0, 0.1) is 11.8 Å². The van der Waals surface area contributed by atoms with Gasteiger partial charge in [-0.2, -0.15) is 0 Å². The number of hydrogen-bond donors (Lipinski definition) is 0. The van der Waals surface area contributed by atoms with Crippen LogP contribution in [0.4, 0.5) is 0 Å². The Labute approximate surface area is 66.2 Å². The highest BCUT2D eigenvalue weighted by atomic mass is 79.9. The van der Waals surface area contributed by atoms with Crippen molar-refractivity contribution in [3.63, 3.8) is 0 Å². The number of rotatable bonds is 3. The van der Waals surface area contributed by atoms with Gasteiger partial charge in [0.05, 0.1) is 0 Å². The highest BCUT2D eigenvalue weighted by Gasteiger charge is 2.24. The molecule has 0 bridgehead atoms. The van der Waals surface area contributed by atoms with Gasteiger partial charge in [-0.15, -0.1) is 0 Å². The molecular weight excluding hydrogens is 176 g/mol. The van der Waals surface area contributed by atoms with Crippen LogP contribution in [0.2, 0.25) is 0 Å². The Balaban J connectivity index is 2.09. The largest absolute Gasteiger partial charge is 0.0891 e. The third-order valence-electron chi connectivity index (χ3n) is 2.19. The van der Waals surface area contributed by atoms with Gasteiger partial charge in [-0.05, 0) is 18.3 Å². The molecule has 2 atom stereocenters. The molecule has 0 aromatic heterocycles. The normalized spacial score (nSPS) is 25.7. The molecule has 0 amide bonds. The molecule has 0 nitrogen and oxygen atoms in total. The third-order valence-corrected chi connectivity index (χ3v) is 3.09. The Hall–Kier alpha value is 0.480. The molecule has 1 rings (SSSR count). The molecule has 2 unspecified atom stereocenters.